The van der Waals surface area contributed by atoms with E-state index in [1.54, 1.807) is 23.6 Å². The molecule has 0 fully saturated rings. The molecule has 0 amide bonds. The average molecular weight is 284 g/mol. The first kappa shape index (κ1) is 13.3. The highest BCUT2D eigenvalue weighted by Gasteiger charge is 2.11. The van der Waals surface area contributed by atoms with Crippen molar-refractivity contribution in [2.24, 2.45) is 0 Å². The lowest BCUT2D eigenvalue weighted by molar-refractivity contribution is 0.281. The van der Waals surface area contributed by atoms with Crippen molar-refractivity contribution >= 4 is 28.8 Å². The van der Waals surface area contributed by atoms with Crippen LogP contribution in [0.1, 0.15) is 16.1 Å². The molecule has 4 nitrogen and oxygen atoms in total. The first-order valence-electron chi connectivity index (χ1n) is 5.47. The normalized spacial score (nSPS) is 10.7. The maximum absolute atomic E-state index is 9.02. The number of aryl methyl sites for hydroxylation is 1. The third-order valence-electron chi connectivity index (χ3n) is 2.65. The Labute approximate surface area is 115 Å². The second kappa shape index (κ2) is 5.65. The molecule has 2 aromatic rings. The van der Waals surface area contributed by atoms with E-state index >= 15 is 0 Å². The van der Waals surface area contributed by atoms with Crippen molar-refractivity contribution in [2.45, 2.75) is 20.1 Å². The zero-order chi connectivity index (χ0) is 13.1. The summed E-state index contributed by atoms with van der Waals surface area (Å²) in [6.45, 7) is 2.66. The number of hydrogen-bond donors (Lipinski definition) is 1. The Hall–Kier alpha value is -1.17. The summed E-state index contributed by atoms with van der Waals surface area (Å²) in [6, 6.07) is 1.74. The fourth-order valence-corrected chi connectivity index (χ4v) is 2.77. The Balaban J connectivity index is 2.19. The summed E-state index contributed by atoms with van der Waals surface area (Å²) in [4.78, 5) is 11.7. The van der Waals surface area contributed by atoms with E-state index < -0.39 is 0 Å². The molecule has 2 rings (SSSR count). The molecule has 0 unspecified atom stereocenters. The van der Waals surface area contributed by atoms with Crippen LogP contribution in [-0.4, -0.2) is 22.1 Å². The maximum Gasteiger partial charge on any atom is 0.147 e. The standard InChI is InChI=1S/C12H14ClN3OS/c1-8-11(18-7-15-8)5-16(2)12-10(13)3-9(6-17)4-14-12/h3-4,7,17H,5-6H2,1-2H3. The molecule has 0 bridgehead atoms. The summed E-state index contributed by atoms with van der Waals surface area (Å²) in [5.74, 6) is 0.710. The van der Waals surface area contributed by atoms with Crippen molar-refractivity contribution in [2.75, 3.05) is 11.9 Å². The van der Waals surface area contributed by atoms with Crippen LogP contribution in [0.5, 0.6) is 0 Å². The largest absolute Gasteiger partial charge is 0.392 e. The molecule has 0 saturated heterocycles. The number of aliphatic hydroxyl groups is 1. The number of pyridine rings is 1. The molecule has 0 spiro atoms. The minimum atomic E-state index is -0.0509. The molecule has 0 aliphatic heterocycles. The van der Waals surface area contributed by atoms with Crippen molar-refractivity contribution in [1.29, 1.82) is 0 Å². The molecular weight excluding hydrogens is 270 g/mol. The van der Waals surface area contributed by atoms with Gasteiger partial charge in [-0.25, -0.2) is 9.97 Å². The number of aromatic nitrogens is 2. The first-order valence-corrected chi connectivity index (χ1v) is 6.73. The topological polar surface area (TPSA) is 49.2 Å². The zero-order valence-corrected chi connectivity index (χ0v) is 11.8. The van der Waals surface area contributed by atoms with Crippen molar-refractivity contribution < 1.29 is 5.11 Å². The van der Waals surface area contributed by atoms with Crippen LogP contribution in [0, 0.1) is 6.92 Å². The molecular formula is C12H14ClN3OS. The van der Waals surface area contributed by atoms with Gasteiger partial charge < -0.3 is 10.0 Å². The maximum atomic E-state index is 9.02. The SMILES string of the molecule is Cc1ncsc1CN(C)c1ncc(CO)cc1Cl. The van der Waals surface area contributed by atoms with E-state index in [0.29, 0.717) is 16.4 Å². The van der Waals surface area contributed by atoms with Gasteiger partial charge in [-0.2, -0.15) is 0 Å². The smallest absolute Gasteiger partial charge is 0.147 e. The summed E-state index contributed by atoms with van der Waals surface area (Å²) >= 11 is 7.78. The number of halogens is 1. The van der Waals surface area contributed by atoms with Crippen molar-refractivity contribution in [3.63, 3.8) is 0 Å². The van der Waals surface area contributed by atoms with Crippen LogP contribution in [0.4, 0.5) is 5.82 Å². The summed E-state index contributed by atoms with van der Waals surface area (Å²) in [7, 11) is 1.94. The quantitative estimate of drug-likeness (QED) is 0.937. The minimum absolute atomic E-state index is 0.0509. The Morgan fingerprint density at radius 3 is 2.78 bits per heavy atom. The van der Waals surface area contributed by atoms with Gasteiger partial charge in [0, 0.05) is 18.1 Å². The molecule has 0 aliphatic carbocycles. The highest BCUT2D eigenvalue weighted by Crippen LogP contribution is 2.25. The van der Waals surface area contributed by atoms with Crippen molar-refractivity contribution in [1.82, 2.24) is 9.97 Å². The molecule has 0 aromatic carbocycles. The fourth-order valence-electron chi connectivity index (χ4n) is 1.61. The number of hydrogen-bond acceptors (Lipinski definition) is 5. The van der Waals surface area contributed by atoms with Gasteiger partial charge in [0.15, 0.2) is 0 Å². The average Bonchev–Trinajstić information content (AvgIpc) is 2.74. The van der Waals surface area contributed by atoms with Crippen LogP contribution in [0.2, 0.25) is 5.02 Å². The van der Waals surface area contributed by atoms with E-state index in [9.17, 15) is 0 Å². The van der Waals surface area contributed by atoms with Crippen LogP contribution in [0.3, 0.4) is 0 Å². The van der Waals surface area contributed by atoms with Crippen LogP contribution in [0.15, 0.2) is 17.8 Å². The van der Waals surface area contributed by atoms with Gasteiger partial charge in [-0.3, -0.25) is 0 Å². The van der Waals surface area contributed by atoms with Gasteiger partial charge in [0.25, 0.3) is 0 Å². The van der Waals surface area contributed by atoms with Crippen LogP contribution in [-0.2, 0) is 13.2 Å². The number of anilines is 1. The van der Waals surface area contributed by atoms with Gasteiger partial charge in [0.1, 0.15) is 5.82 Å². The predicted molar refractivity (Wildman–Crippen MR) is 74.1 cm³/mol. The van der Waals surface area contributed by atoms with Gasteiger partial charge in [-0.1, -0.05) is 11.6 Å². The third-order valence-corrected chi connectivity index (χ3v) is 3.85. The second-order valence-corrected chi connectivity index (χ2v) is 5.37. The lowest BCUT2D eigenvalue weighted by Crippen LogP contribution is -2.18. The van der Waals surface area contributed by atoms with Crippen molar-refractivity contribution in [3.8, 4) is 0 Å². The molecule has 96 valence electrons. The van der Waals surface area contributed by atoms with Gasteiger partial charge in [-0.05, 0) is 18.6 Å². The van der Waals surface area contributed by atoms with E-state index in [0.717, 1.165) is 12.2 Å². The Morgan fingerprint density at radius 1 is 1.44 bits per heavy atom. The zero-order valence-electron chi connectivity index (χ0n) is 10.2. The summed E-state index contributed by atoms with van der Waals surface area (Å²) in [5.41, 5.74) is 3.59. The first-order chi connectivity index (χ1) is 8.61. The fraction of sp³-hybridized carbons (Fsp3) is 0.333. The molecule has 2 heterocycles. The summed E-state index contributed by atoms with van der Waals surface area (Å²) in [5, 5.41) is 9.56. The summed E-state index contributed by atoms with van der Waals surface area (Å²) < 4.78 is 0. The van der Waals surface area contributed by atoms with Gasteiger partial charge in [0.2, 0.25) is 0 Å². The van der Waals surface area contributed by atoms with Crippen LogP contribution >= 0.6 is 22.9 Å². The monoisotopic (exact) mass is 283 g/mol. The van der Waals surface area contributed by atoms with E-state index in [-0.39, 0.29) is 6.61 Å². The van der Waals surface area contributed by atoms with Gasteiger partial charge in [-0.15, -0.1) is 11.3 Å². The van der Waals surface area contributed by atoms with E-state index in [1.165, 1.54) is 4.88 Å². The number of aliphatic hydroxyl groups excluding tert-OH is 1. The third kappa shape index (κ3) is 2.80. The van der Waals surface area contributed by atoms with Crippen LogP contribution < -0.4 is 4.90 Å². The minimum Gasteiger partial charge on any atom is -0.392 e. The van der Waals surface area contributed by atoms with E-state index in [1.807, 2.05) is 24.4 Å². The Bertz CT molecular complexity index is 544. The predicted octanol–water partition coefficient (Wildman–Crippen LogP) is 2.63. The molecule has 6 heteroatoms. The van der Waals surface area contributed by atoms with Gasteiger partial charge >= 0.3 is 0 Å². The van der Waals surface area contributed by atoms with Crippen LogP contribution in [0.25, 0.3) is 0 Å². The lowest BCUT2D eigenvalue weighted by atomic mass is 10.3. The van der Waals surface area contributed by atoms with Crippen molar-refractivity contribution in [3.05, 3.63) is 38.9 Å². The highest BCUT2D eigenvalue weighted by atomic mass is 35.5. The highest BCUT2D eigenvalue weighted by molar-refractivity contribution is 7.09. The molecule has 0 saturated carbocycles. The second-order valence-electron chi connectivity index (χ2n) is 4.02. The lowest BCUT2D eigenvalue weighted by Gasteiger charge is -2.19. The summed E-state index contributed by atoms with van der Waals surface area (Å²) in [6.07, 6.45) is 1.64. The van der Waals surface area contributed by atoms with Gasteiger partial charge in [0.05, 0.1) is 29.4 Å². The molecule has 0 aliphatic rings. The molecule has 0 atom stereocenters. The Morgan fingerprint density at radius 2 is 2.22 bits per heavy atom. The molecule has 0 radical (unpaired) electrons. The molecule has 18 heavy (non-hydrogen) atoms. The van der Waals surface area contributed by atoms with E-state index in [2.05, 4.69) is 9.97 Å². The number of nitrogens with zero attached hydrogens (tertiary/aromatic N) is 3. The number of thiazole rings is 1. The molecule has 2 aromatic heterocycles. The Kier molecular flexibility index (Phi) is 4.16. The molecule has 1 N–H and O–H groups in total. The van der Waals surface area contributed by atoms with E-state index in [4.69, 9.17) is 16.7 Å². The number of rotatable bonds is 4.